The molecule has 1 aromatic heterocycles. The van der Waals surface area contributed by atoms with Crippen molar-refractivity contribution in [2.24, 2.45) is 7.05 Å². The lowest BCUT2D eigenvalue weighted by atomic mass is 10.1. The van der Waals surface area contributed by atoms with Crippen LogP contribution in [0.15, 0.2) is 24.3 Å². The second-order valence-corrected chi connectivity index (χ2v) is 5.23. The first-order chi connectivity index (χ1) is 9.91. The Bertz CT molecular complexity index is 759. The predicted molar refractivity (Wildman–Crippen MR) is 74.0 cm³/mol. The normalized spacial score (nSPS) is 16.8. The number of fused-ring (bicyclic) bond motifs is 1. The molecule has 0 bridgehead atoms. The Labute approximate surface area is 121 Å². The molecule has 0 saturated heterocycles. The molecule has 0 fully saturated rings. The van der Waals surface area contributed by atoms with Gasteiger partial charge in [0.2, 0.25) is 5.78 Å². The highest BCUT2D eigenvalue weighted by atomic mass is 19.1. The van der Waals surface area contributed by atoms with Crippen LogP contribution in [0.25, 0.3) is 0 Å². The molecular weight excluding hydrogens is 273 g/mol. The summed E-state index contributed by atoms with van der Waals surface area (Å²) in [5, 5.41) is 0. The van der Waals surface area contributed by atoms with Crippen molar-refractivity contribution in [3.63, 3.8) is 0 Å². The number of ketones is 1. The average Bonchev–Trinajstić information content (AvgIpc) is 2.87. The Balaban J connectivity index is 2.11. The molecule has 3 rings (SSSR count). The molecule has 2 aromatic rings. The highest BCUT2D eigenvalue weighted by Crippen LogP contribution is 2.41. The van der Waals surface area contributed by atoms with E-state index in [1.54, 1.807) is 25.5 Å². The maximum Gasteiger partial charge on any atom is 0.320 e. The molecule has 108 valence electrons. The number of halogens is 1. The molecule has 1 aromatic carbocycles. The molecular formula is C16H14FNO3. The molecule has 0 aliphatic carbocycles. The fourth-order valence-corrected chi connectivity index (χ4v) is 2.80. The first-order valence-electron chi connectivity index (χ1n) is 6.63. The number of rotatable bonds is 2. The molecule has 5 heteroatoms. The van der Waals surface area contributed by atoms with Crippen LogP contribution in [0.2, 0.25) is 0 Å². The number of carbonyl (C=O) groups excluding carboxylic acids is 2. The number of nitrogens with zero attached hydrogens (tertiary/aromatic N) is 1. The van der Waals surface area contributed by atoms with Crippen LogP contribution in [0.1, 0.15) is 40.2 Å². The van der Waals surface area contributed by atoms with Gasteiger partial charge in [-0.3, -0.25) is 9.59 Å². The van der Waals surface area contributed by atoms with Crippen LogP contribution in [-0.2, 0) is 11.8 Å². The minimum Gasteiger partial charge on any atom is -0.424 e. The largest absolute Gasteiger partial charge is 0.424 e. The zero-order chi connectivity index (χ0) is 15.3. The van der Waals surface area contributed by atoms with Gasteiger partial charge in [-0.25, -0.2) is 4.39 Å². The lowest BCUT2D eigenvalue weighted by Crippen LogP contribution is -2.15. The summed E-state index contributed by atoms with van der Waals surface area (Å²) in [7, 11) is 1.74. The third-order valence-corrected chi connectivity index (χ3v) is 3.91. The van der Waals surface area contributed by atoms with Gasteiger partial charge in [-0.2, -0.15) is 0 Å². The molecule has 0 spiro atoms. The molecule has 0 amide bonds. The summed E-state index contributed by atoms with van der Waals surface area (Å²) in [6.07, 6.45) is 0. The third-order valence-electron chi connectivity index (χ3n) is 3.91. The van der Waals surface area contributed by atoms with E-state index in [2.05, 4.69) is 0 Å². The van der Waals surface area contributed by atoms with Crippen molar-refractivity contribution >= 4 is 11.8 Å². The number of benzene rings is 1. The van der Waals surface area contributed by atoms with Crippen molar-refractivity contribution in [2.75, 3.05) is 0 Å². The molecule has 0 radical (unpaired) electrons. The average molecular weight is 287 g/mol. The second-order valence-electron chi connectivity index (χ2n) is 5.23. The van der Waals surface area contributed by atoms with Crippen molar-refractivity contribution in [3.8, 4) is 5.75 Å². The maximum absolute atomic E-state index is 13.0. The van der Waals surface area contributed by atoms with Crippen molar-refractivity contribution < 1.29 is 18.7 Å². The van der Waals surface area contributed by atoms with E-state index in [0.29, 0.717) is 28.3 Å². The van der Waals surface area contributed by atoms with Gasteiger partial charge in [0.25, 0.3) is 0 Å². The van der Waals surface area contributed by atoms with Crippen LogP contribution in [0, 0.1) is 12.7 Å². The number of hydrogen-bond donors (Lipinski definition) is 0. The van der Waals surface area contributed by atoms with Crippen LogP contribution < -0.4 is 4.74 Å². The topological polar surface area (TPSA) is 48.3 Å². The number of esters is 1. The number of hydrogen-bond acceptors (Lipinski definition) is 3. The number of aromatic nitrogens is 1. The molecule has 1 atom stereocenters. The molecule has 1 aliphatic heterocycles. The van der Waals surface area contributed by atoms with Crippen LogP contribution in [0.4, 0.5) is 4.39 Å². The fourth-order valence-electron chi connectivity index (χ4n) is 2.80. The zero-order valence-electron chi connectivity index (χ0n) is 11.9. The van der Waals surface area contributed by atoms with Crippen LogP contribution in [-0.4, -0.2) is 16.3 Å². The van der Waals surface area contributed by atoms with E-state index in [-0.39, 0.29) is 17.6 Å². The molecule has 1 aliphatic rings. The van der Waals surface area contributed by atoms with E-state index in [1.165, 1.54) is 24.3 Å². The Kier molecular flexibility index (Phi) is 2.93. The van der Waals surface area contributed by atoms with Crippen LogP contribution in [0.5, 0.6) is 5.75 Å². The Morgan fingerprint density at radius 2 is 1.90 bits per heavy atom. The maximum atomic E-state index is 13.0. The van der Waals surface area contributed by atoms with Gasteiger partial charge in [-0.15, -0.1) is 0 Å². The number of ether oxygens (including phenoxy) is 1. The second kappa shape index (κ2) is 4.55. The standard InChI is InChI=1S/C16H14FNO3/c1-8-12(14(19)10-4-6-11(17)7-5-10)18(3)13-9(2)16(20)21-15(8)13/h4-7,9H,1-3H3. The smallest absolute Gasteiger partial charge is 0.320 e. The van der Waals surface area contributed by atoms with E-state index in [0.717, 1.165) is 0 Å². The Morgan fingerprint density at radius 3 is 2.48 bits per heavy atom. The monoisotopic (exact) mass is 287 g/mol. The van der Waals surface area contributed by atoms with E-state index < -0.39 is 5.92 Å². The SMILES string of the molecule is Cc1c2c(n(C)c1C(=O)c1ccc(F)cc1)C(C)C(=O)O2. The molecule has 21 heavy (non-hydrogen) atoms. The first kappa shape index (κ1) is 13.5. The molecule has 2 heterocycles. The van der Waals surface area contributed by atoms with Gasteiger partial charge in [-0.05, 0) is 38.1 Å². The van der Waals surface area contributed by atoms with Crippen molar-refractivity contribution in [2.45, 2.75) is 19.8 Å². The molecule has 1 unspecified atom stereocenters. The summed E-state index contributed by atoms with van der Waals surface area (Å²) >= 11 is 0. The van der Waals surface area contributed by atoms with Crippen molar-refractivity contribution in [1.82, 2.24) is 4.57 Å². The van der Waals surface area contributed by atoms with E-state index in [9.17, 15) is 14.0 Å². The van der Waals surface area contributed by atoms with Gasteiger partial charge in [0.15, 0.2) is 5.75 Å². The minimum atomic E-state index is -0.390. The third kappa shape index (κ3) is 1.88. The van der Waals surface area contributed by atoms with Crippen LogP contribution in [0.3, 0.4) is 0 Å². The van der Waals surface area contributed by atoms with Gasteiger partial charge in [-0.1, -0.05) is 0 Å². The van der Waals surface area contributed by atoms with E-state index >= 15 is 0 Å². The summed E-state index contributed by atoms with van der Waals surface area (Å²) in [6, 6.07) is 5.40. The van der Waals surface area contributed by atoms with Gasteiger partial charge >= 0.3 is 5.97 Å². The molecule has 4 nitrogen and oxygen atoms in total. The van der Waals surface area contributed by atoms with Gasteiger partial charge in [0.1, 0.15) is 5.82 Å². The minimum absolute atomic E-state index is 0.215. The summed E-state index contributed by atoms with van der Waals surface area (Å²) in [5.41, 5.74) is 2.21. The van der Waals surface area contributed by atoms with Gasteiger partial charge in [0, 0.05) is 18.2 Å². The molecule has 0 saturated carbocycles. The lowest BCUT2D eigenvalue weighted by Gasteiger charge is -2.09. The lowest BCUT2D eigenvalue weighted by molar-refractivity contribution is -0.133. The summed E-state index contributed by atoms with van der Waals surface area (Å²) in [4.78, 5) is 24.2. The molecule has 0 N–H and O–H groups in total. The first-order valence-corrected chi connectivity index (χ1v) is 6.63. The van der Waals surface area contributed by atoms with Gasteiger partial charge < -0.3 is 9.30 Å². The van der Waals surface area contributed by atoms with E-state index in [1.807, 2.05) is 0 Å². The summed E-state index contributed by atoms with van der Waals surface area (Å²) in [6.45, 7) is 3.50. The van der Waals surface area contributed by atoms with Crippen molar-refractivity contribution in [3.05, 3.63) is 52.6 Å². The summed E-state index contributed by atoms with van der Waals surface area (Å²) < 4.78 is 19.9. The Morgan fingerprint density at radius 1 is 1.29 bits per heavy atom. The Hall–Kier alpha value is -2.43. The predicted octanol–water partition coefficient (Wildman–Crippen LogP) is 2.73. The number of carbonyl (C=O) groups is 2. The van der Waals surface area contributed by atoms with Crippen molar-refractivity contribution in [1.29, 1.82) is 0 Å². The quantitative estimate of drug-likeness (QED) is 0.630. The van der Waals surface area contributed by atoms with E-state index in [4.69, 9.17) is 4.74 Å². The zero-order valence-corrected chi connectivity index (χ0v) is 11.9. The van der Waals surface area contributed by atoms with Crippen LogP contribution >= 0.6 is 0 Å². The summed E-state index contributed by atoms with van der Waals surface area (Å²) in [5.74, 6) is -0.828. The highest BCUT2D eigenvalue weighted by Gasteiger charge is 2.37. The van der Waals surface area contributed by atoms with Gasteiger partial charge in [0.05, 0.1) is 17.3 Å². The highest BCUT2D eigenvalue weighted by molar-refractivity contribution is 6.10. The fraction of sp³-hybridized carbons (Fsp3) is 0.250.